The van der Waals surface area contributed by atoms with Crippen LogP contribution in [0, 0.1) is 6.92 Å². The van der Waals surface area contributed by atoms with Crippen molar-refractivity contribution < 1.29 is 22.4 Å². The molecule has 102 valence electrons. The van der Waals surface area contributed by atoms with Crippen LogP contribution in [0.15, 0.2) is 53.3 Å². The third kappa shape index (κ3) is 3.59. The van der Waals surface area contributed by atoms with Crippen molar-refractivity contribution in [1.29, 1.82) is 0 Å². The van der Waals surface area contributed by atoms with Gasteiger partial charge in [0.05, 0.1) is 4.90 Å². The zero-order valence-corrected chi connectivity index (χ0v) is 11.1. The summed E-state index contributed by atoms with van der Waals surface area (Å²) >= 11 is 0. The molecule has 1 N–H and O–H groups in total. The lowest BCUT2D eigenvalue weighted by molar-refractivity contribution is 0.115. The van der Waals surface area contributed by atoms with Gasteiger partial charge in [0.2, 0.25) is 0 Å². The minimum atomic E-state index is -3.79. The molecule has 6 heteroatoms. The van der Waals surface area contributed by atoms with Gasteiger partial charge in [-0.25, -0.2) is 0 Å². The molecule has 1 aliphatic rings. The van der Waals surface area contributed by atoms with Crippen LogP contribution in [0.3, 0.4) is 0 Å². The summed E-state index contributed by atoms with van der Waals surface area (Å²) < 4.78 is 33.7. The molecular formula is C13H14O5S. The number of hydrogen-bond acceptors (Lipinski definition) is 5. The van der Waals surface area contributed by atoms with E-state index in [0.29, 0.717) is 0 Å². The van der Waals surface area contributed by atoms with Gasteiger partial charge in [-0.1, -0.05) is 17.7 Å². The van der Waals surface area contributed by atoms with Gasteiger partial charge in [0.15, 0.2) is 0 Å². The van der Waals surface area contributed by atoms with E-state index in [1.54, 1.807) is 12.1 Å². The second-order valence-electron chi connectivity index (χ2n) is 4.13. The highest BCUT2D eigenvalue weighted by molar-refractivity contribution is 7.86. The first-order chi connectivity index (χ1) is 8.97. The average molecular weight is 282 g/mol. The van der Waals surface area contributed by atoms with E-state index in [-0.39, 0.29) is 17.3 Å². The van der Waals surface area contributed by atoms with Crippen molar-refractivity contribution in [3.05, 3.63) is 54.0 Å². The summed E-state index contributed by atoms with van der Waals surface area (Å²) in [6.45, 7) is 1.73. The number of allylic oxidation sites excluding steroid dienone is 1. The number of aliphatic hydroxyl groups excluding tert-OH is 1. The Hall–Kier alpha value is -1.79. The smallest absolute Gasteiger partial charge is 0.297 e. The molecule has 0 saturated carbocycles. The predicted octanol–water partition coefficient (Wildman–Crippen LogP) is 2.05. The van der Waals surface area contributed by atoms with Crippen LogP contribution in [0.5, 0.6) is 0 Å². The van der Waals surface area contributed by atoms with Gasteiger partial charge in [-0.05, 0) is 31.2 Å². The summed E-state index contributed by atoms with van der Waals surface area (Å²) in [7, 11) is -3.79. The fourth-order valence-electron chi connectivity index (χ4n) is 1.47. The Labute approximate surface area is 111 Å². The van der Waals surface area contributed by atoms with Gasteiger partial charge in [-0.15, -0.1) is 0 Å². The third-order valence-corrected chi connectivity index (χ3v) is 3.84. The molecule has 0 saturated heterocycles. The molecule has 0 bridgehead atoms. The van der Waals surface area contributed by atoms with E-state index in [0.717, 1.165) is 11.8 Å². The van der Waals surface area contributed by atoms with Crippen molar-refractivity contribution in [3.63, 3.8) is 0 Å². The second-order valence-corrected chi connectivity index (χ2v) is 5.74. The molecule has 0 fully saturated rings. The maximum atomic E-state index is 11.9. The minimum absolute atomic E-state index is 0.0161. The third-order valence-electron chi connectivity index (χ3n) is 2.54. The number of aryl methyl sites for hydroxylation is 1. The van der Waals surface area contributed by atoms with Gasteiger partial charge in [0, 0.05) is 0 Å². The highest BCUT2D eigenvalue weighted by atomic mass is 32.2. The molecule has 1 atom stereocenters. The molecule has 0 radical (unpaired) electrons. The highest BCUT2D eigenvalue weighted by Crippen LogP contribution is 2.15. The standard InChI is InChI=1S/C13H14O5S/c1-10-2-6-13(7-3-10)19(15,16)18-9-12-5-4-11(14)8-17-12/h2-8,12,14H,9H2,1H3/t12-/m1/s1. The molecule has 1 heterocycles. The van der Waals surface area contributed by atoms with Crippen molar-refractivity contribution in [2.24, 2.45) is 0 Å². The monoisotopic (exact) mass is 282 g/mol. The van der Waals surface area contributed by atoms with Crippen LogP contribution in [-0.4, -0.2) is 26.2 Å². The Morgan fingerprint density at radius 1 is 1.32 bits per heavy atom. The summed E-state index contributed by atoms with van der Waals surface area (Å²) in [6, 6.07) is 6.39. The Bertz CT molecular complexity index is 598. The maximum Gasteiger partial charge on any atom is 0.297 e. The van der Waals surface area contributed by atoms with E-state index < -0.39 is 16.2 Å². The van der Waals surface area contributed by atoms with E-state index in [4.69, 9.17) is 14.0 Å². The molecule has 0 aliphatic carbocycles. The van der Waals surface area contributed by atoms with E-state index in [1.165, 1.54) is 24.3 Å². The molecule has 1 aromatic carbocycles. The number of aliphatic hydroxyl groups is 1. The van der Waals surface area contributed by atoms with Crippen molar-refractivity contribution in [2.45, 2.75) is 17.9 Å². The minimum Gasteiger partial charge on any atom is -0.505 e. The quantitative estimate of drug-likeness (QED) is 0.856. The predicted molar refractivity (Wildman–Crippen MR) is 69.0 cm³/mol. The first-order valence-corrected chi connectivity index (χ1v) is 7.07. The van der Waals surface area contributed by atoms with Gasteiger partial charge in [0.1, 0.15) is 24.7 Å². The summed E-state index contributed by atoms with van der Waals surface area (Å²) in [5.74, 6) is -0.0161. The highest BCUT2D eigenvalue weighted by Gasteiger charge is 2.18. The average Bonchev–Trinajstić information content (AvgIpc) is 2.39. The van der Waals surface area contributed by atoms with Crippen LogP contribution in [0.4, 0.5) is 0 Å². The summed E-state index contributed by atoms with van der Waals surface area (Å²) in [6.07, 6.45) is 3.57. The van der Waals surface area contributed by atoms with Gasteiger partial charge in [-0.2, -0.15) is 8.42 Å². The first kappa shape index (κ1) is 13.6. The Morgan fingerprint density at radius 2 is 2.00 bits per heavy atom. The Morgan fingerprint density at radius 3 is 2.58 bits per heavy atom. The second kappa shape index (κ2) is 5.46. The lowest BCUT2D eigenvalue weighted by Gasteiger charge is -2.15. The van der Waals surface area contributed by atoms with Gasteiger partial charge >= 0.3 is 0 Å². The van der Waals surface area contributed by atoms with E-state index >= 15 is 0 Å². The normalized spacial score (nSPS) is 18.8. The van der Waals surface area contributed by atoms with Crippen LogP contribution in [0.2, 0.25) is 0 Å². The van der Waals surface area contributed by atoms with Crippen molar-refractivity contribution >= 4 is 10.1 Å². The van der Waals surface area contributed by atoms with Crippen LogP contribution >= 0.6 is 0 Å². The Balaban J connectivity index is 1.99. The van der Waals surface area contributed by atoms with Crippen molar-refractivity contribution in [2.75, 3.05) is 6.61 Å². The van der Waals surface area contributed by atoms with Gasteiger partial charge in [-0.3, -0.25) is 4.18 Å². The van der Waals surface area contributed by atoms with Crippen LogP contribution in [0.1, 0.15) is 5.56 Å². The number of rotatable bonds is 4. The molecule has 5 nitrogen and oxygen atoms in total. The van der Waals surface area contributed by atoms with Gasteiger partial charge in [0.25, 0.3) is 10.1 Å². The molecule has 1 aliphatic heterocycles. The zero-order valence-electron chi connectivity index (χ0n) is 10.3. The van der Waals surface area contributed by atoms with E-state index in [2.05, 4.69) is 0 Å². The molecule has 19 heavy (non-hydrogen) atoms. The SMILES string of the molecule is Cc1ccc(S(=O)(=O)OC[C@H]2C=CC(O)=CO2)cc1. The van der Waals surface area contributed by atoms with Crippen LogP contribution in [-0.2, 0) is 19.0 Å². The lowest BCUT2D eigenvalue weighted by atomic mass is 10.2. The topological polar surface area (TPSA) is 72.8 Å². The summed E-state index contributed by atoms with van der Waals surface area (Å²) in [4.78, 5) is 0.108. The molecule has 2 rings (SSSR count). The molecule has 0 unspecified atom stereocenters. The van der Waals surface area contributed by atoms with E-state index in [1.807, 2.05) is 6.92 Å². The summed E-state index contributed by atoms with van der Waals surface area (Å²) in [5, 5.41) is 9.05. The van der Waals surface area contributed by atoms with Gasteiger partial charge < -0.3 is 9.84 Å². The van der Waals surface area contributed by atoms with Crippen LogP contribution < -0.4 is 0 Å². The van der Waals surface area contributed by atoms with Crippen molar-refractivity contribution in [1.82, 2.24) is 0 Å². The number of ether oxygens (including phenoxy) is 1. The Kier molecular flexibility index (Phi) is 3.92. The molecule has 0 aromatic heterocycles. The molecule has 0 amide bonds. The maximum absolute atomic E-state index is 11.9. The van der Waals surface area contributed by atoms with Crippen molar-refractivity contribution in [3.8, 4) is 0 Å². The molecular weight excluding hydrogens is 268 g/mol. The fourth-order valence-corrected chi connectivity index (χ4v) is 2.39. The molecule has 0 spiro atoms. The first-order valence-electron chi connectivity index (χ1n) is 5.66. The number of hydrogen-bond donors (Lipinski definition) is 1. The zero-order chi connectivity index (χ0) is 13.9. The largest absolute Gasteiger partial charge is 0.505 e. The van der Waals surface area contributed by atoms with Crippen LogP contribution in [0.25, 0.3) is 0 Å². The lowest BCUT2D eigenvalue weighted by Crippen LogP contribution is -2.20. The van der Waals surface area contributed by atoms with E-state index in [9.17, 15) is 8.42 Å². The summed E-state index contributed by atoms with van der Waals surface area (Å²) in [5.41, 5.74) is 0.970. The fraction of sp³-hybridized carbons (Fsp3) is 0.231. The number of benzene rings is 1. The molecule has 1 aromatic rings.